The maximum absolute atomic E-state index is 6.25. The highest BCUT2D eigenvalue weighted by Crippen LogP contribution is 2.38. The molecule has 2 rings (SSSR count). The molecule has 1 aliphatic heterocycles. The van der Waals surface area contributed by atoms with E-state index < -0.39 is 0 Å². The fourth-order valence-electron chi connectivity index (χ4n) is 2.38. The van der Waals surface area contributed by atoms with Gasteiger partial charge < -0.3 is 10.2 Å². The van der Waals surface area contributed by atoms with Crippen molar-refractivity contribution in [3.63, 3.8) is 0 Å². The van der Waals surface area contributed by atoms with E-state index in [0.29, 0.717) is 12.0 Å². The number of hydrogen-bond donors (Lipinski definition) is 1. The van der Waals surface area contributed by atoms with Gasteiger partial charge in [-0.2, -0.15) is 0 Å². The van der Waals surface area contributed by atoms with Crippen LogP contribution < -0.4 is 10.2 Å². The Labute approximate surface area is 103 Å². The van der Waals surface area contributed by atoms with Crippen molar-refractivity contribution in [2.45, 2.75) is 26.8 Å². The van der Waals surface area contributed by atoms with E-state index in [9.17, 15) is 0 Å². The number of nitrogens with zero attached hydrogens (tertiary/aromatic N) is 1. The van der Waals surface area contributed by atoms with E-state index in [4.69, 9.17) is 11.6 Å². The summed E-state index contributed by atoms with van der Waals surface area (Å²) < 4.78 is 0. The van der Waals surface area contributed by atoms with E-state index in [1.54, 1.807) is 0 Å². The van der Waals surface area contributed by atoms with Gasteiger partial charge in [-0.05, 0) is 30.5 Å². The molecule has 1 aromatic carbocycles. The van der Waals surface area contributed by atoms with Gasteiger partial charge in [0, 0.05) is 19.6 Å². The molecule has 0 aromatic heterocycles. The van der Waals surface area contributed by atoms with Gasteiger partial charge in [-0.1, -0.05) is 25.4 Å². The van der Waals surface area contributed by atoms with E-state index in [1.165, 1.54) is 11.3 Å². The van der Waals surface area contributed by atoms with Crippen LogP contribution in [0.2, 0.25) is 5.02 Å². The van der Waals surface area contributed by atoms with Crippen LogP contribution in [-0.4, -0.2) is 19.6 Å². The highest BCUT2D eigenvalue weighted by Gasteiger charge is 2.26. The molecule has 0 amide bonds. The largest absolute Gasteiger partial charge is 0.380 e. The van der Waals surface area contributed by atoms with Crippen LogP contribution in [0.1, 0.15) is 19.4 Å². The van der Waals surface area contributed by atoms with Gasteiger partial charge in [0.1, 0.15) is 0 Å². The van der Waals surface area contributed by atoms with Crippen LogP contribution in [0.25, 0.3) is 0 Å². The molecular weight excluding hydrogens is 220 g/mol. The molecule has 3 heteroatoms. The molecule has 1 aliphatic rings. The lowest BCUT2D eigenvalue weighted by Gasteiger charge is -2.39. The van der Waals surface area contributed by atoms with Gasteiger partial charge >= 0.3 is 0 Å². The van der Waals surface area contributed by atoms with Crippen molar-refractivity contribution < 1.29 is 0 Å². The lowest BCUT2D eigenvalue weighted by molar-refractivity contribution is 0.482. The summed E-state index contributed by atoms with van der Waals surface area (Å²) >= 11 is 6.25. The maximum atomic E-state index is 6.25. The summed E-state index contributed by atoms with van der Waals surface area (Å²) in [7, 11) is 2.15. The quantitative estimate of drug-likeness (QED) is 0.805. The highest BCUT2D eigenvalue weighted by molar-refractivity contribution is 6.34. The third kappa shape index (κ3) is 1.86. The number of aryl methyl sites for hydroxylation is 1. The Morgan fingerprint density at radius 2 is 2.12 bits per heavy atom. The van der Waals surface area contributed by atoms with Gasteiger partial charge in [0.2, 0.25) is 0 Å². The summed E-state index contributed by atoms with van der Waals surface area (Å²) in [5.74, 6) is 0.630. The second-order valence-corrected chi connectivity index (χ2v) is 5.35. The monoisotopic (exact) mass is 238 g/mol. The minimum absolute atomic E-state index is 0.533. The fraction of sp³-hybridized carbons (Fsp3) is 0.538. The Balaban J connectivity index is 2.44. The molecule has 1 atom stereocenters. The van der Waals surface area contributed by atoms with E-state index in [-0.39, 0.29) is 0 Å². The van der Waals surface area contributed by atoms with Crippen molar-refractivity contribution in [3.05, 3.63) is 22.7 Å². The molecule has 0 saturated heterocycles. The Kier molecular flexibility index (Phi) is 3.02. The standard InChI is InChI=1S/C13H19ClN2/c1-8(2)12-7-15-13-10(14)5-9(3)6-11(13)16(12)4/h5-6,8,12,15H,7H2,1-4H3. The molecule has 1 aromatic rings. The van der Waals surface area contributed by atoms with Crippen molar-refractivity contribution >= 4 is 23.0 Å². The van der Waals surface area contributed by atoms with Gasteiger partial charge in [-0.25, -0.2) is 0 Å². The normalized spacial score (nSPS) is 19.6. The van der Waals surface area contributed by atoms with E-state index in [0.717, 1.165) is 17.3 Å². The van der Waals surface area contributed by atoms with Crippen molar-refractivity contribution in [1.29, 1.82) is 0 Å². The number of benzene rings is 1. The summed E-state index contributed by atoms with van der Waals surface area (Å²) in [5.41, 5.74) is 3.50. The number of fused-ring (bicyclic) bond motifs is 1. The molecule has 0 spiro atoms. The Morgan fingerprint density at radius 1 is 1.44 bits per heavy atom. The first-order valence-corrected chi connectivity index (χ1v) is 6.15. The number of likely N-dealkylation sites (N-methyl/N-ethyl adjacent to an activating group) is 1. The molecule has 1 N–H and O–H groups in total. The van der Waals surface area contributed by atoms with Crippen LogP contribution >= 0.6 is 11.6 Å². The molecular formula is C13H19ClN2. The number of rotatable bonds is 1. The Bertz CT molecular complexity index is 401. The first kappa shape index (κ1) is 11.6. The van der Waals surface area contributed by atoms with Gasteiger partial charge in [-0.3, -0.25) is 0 Å². The second-order valence-electron chi connectivity index (χ2n) is 4.94. The molecule has 0 saturated carbocycles. The number of halogens is 1. The zero-order chi connectivity index (χ0) is 11.9. The molecule has 88 valence electrons. The first-order chi connectivity index (χ1) is 7.50. The summed E-state index contributed by atoms with van der Waals surface area (Å²) in [4.78, 5) is 2.34. The topological polar surface area (TPSA) is 15.3 Å². The van der Waals surface area contributed by atoms with E-state index in [1.807, 2.05) is 6.07 Å². The van der Waals surface area contributed by atoms with Gasteiger partial charge in [0.15, 0.2) is 0 Å². The predicted octanol–water partition coefficient (Wildman–Crippen LogP) is 3.53. The second kappa shape index (κ2) is 4.17. The zero-order valence-electron chi connectivity index (χ0n) is 10.3. The number of anilines is 2. The molecule has 0 radical (unpaired) electrons. The van der Waals surface area contributed by atoms with Gasteiger partial charge in [0.05, 0.1) is 16.4 Å². The lowest BCUT2D eigenvalue weighted by atomic mass is 9.98. The van der Waals surface area contributed by atoms with Crippen molar-refractivity contribution in [1.82, 2.24) is 0 Å². The smallest absolute Gasteiger partial charge is 0.0768 e. The van der Waals surface area contributed by atoms with Crippen LogP contribution in [0.3, 0.4) is 0 Å². The minimum Gasteiger partial charge on any atom is -0.380 e. The zero-order valence-corrected chi connectivity index (χ0v) is 11.1. The lowest BCUT2D eigenvalue weighted by Crippen LogP contribution is -2.44. The average molecular weight is 239 g/mol. The summed E-state index contributed by atoms with van der Waals surface area (Å²) in [5, 5.41) is 4.27. The summed E-state index contributed by atoms with van der Waals surface area (Å²) in [6, 6.07) is 4.74. The Morgan fingerprint density at radius 3 is 2.75 bits per heavy atom. The SMILES string of the molecule is Cc1cc(Cl)c2c(c1)N(C)C(C(C)C)CN2. The molecule has 0 bridgehead atoms. The first-order valence-electron chi connectivity index (χ1n) is 5.77. The molecule has 1 heterocycles. The van der Waals surface area contributed by atoms with Crippen molar-refractivity contribution in [2.24, 2.45) is 5.92 Å². The van der Waals surface area contributed by atoms with Crippen molar-refractivity contribution in [2.75, 3.05) is 23.8 Å². The van der Waals surface area contributed by atoms with Crippen LogP contribution in [0.5, 0.6) is 0 Å². The minimum atomic E-state index is 0.533. The average Bonchev–Trinajstić information content (AvgIpc) is 2.19. The van der Waals surface area contributed by atoms with Crippen LogP contribution in [-0.2, 0) is 0 Å². The summed E-state index contributed by atoms with van der Waals surface area (Å²) in [6.45, 7) is 7.55. The van der Waals surface area contributed by atoms with Crippen molar-refractivity contribution in [3.8, 4) is 0 Å². The third-order valence-corrected chi connectivity index (χ3v) is 3.65. The van der Waals surface area contributed by atoms with Crippen LogP contribution in [0, 0.1) is 12.8 Å². The van der Waals surface area contributed by atoms with Crippen LogP contribution in [0.4, 0.5) is 11.4 Å². The molecule has 2 nitrogen and oxygen atoms in total. The predicted molar refractivity (Wildman–Crippen MR) is 71.7 cm³/mol. The highest BCUT2D eigenvalue weighted by atomic mass is 35.5. The molecule has 0 aliphatic carbocycles. The van der Waals surface area contributed by atoms with Gasteiger partial charge in [0.25, 0.3) is 0 Å². The van der Waals surface area contributed by atoms with Gasteiger partial charge in [-0.15, -0.1) is 0 Å². The third-order valence-electron chi connectivity index (χ3n) is 3.35. The van der Waals surface area contributed by atoms with E-state index >= 15 is 0 Å². The number of hydrogen-bond acceptors (Lipinski definition) is 2. The van der Waals surface area contributed by atoms with Crippen LogP contribution in [0.15, 0.2) is 12.1 Å². The Hall–Kier alpha value is -0.890. The summed E-state index contributed by atoms with van der Waals surface area (Å²) in [6.07, 6.45) is 0. The molecule has 16 heavy (non-hydrogen) atoms. The molecule has 1 unspecified atom stereocenters. The van der Waals surface area contributed by atoms with E-state index in [2.05, 4.69) is 44.1 Å². The molecule has 0 fully saturated rings. The number of nitrogens with one attached hydrogen (secondary N) is 1. The maximum Gasteiger partial charge on any atom is 0.0768 e. The fourth-order valence-corrected chi connectivity index (χ4v) is 2.72.